The van der Waals surface area contributed by atoms with Crippen LogP contribution in [0.4, 0.5) is 0 Å². The fraction of sp³-hybridized carbons (Fsp3) is 0.474. The third-order valence-corrected chi connectivity index (χ3v) is 4.70. The summed E-state index contributed by atoms with van der Waals surface area (Å²) >= 11 is 0. The van der Waals surface area contributed by atoms with Crippen molar-refractivity contribution in [1.82, 2.24) is 20.1 Å². The van der Waals surface area contributed by atoms with Gasteiger partial charge in [-0.25, -0.2) is 9.67 Å². The summed E-state index contributed by atoms with van der Waals surface area (Å²) in [6, 6.07) is 8.60. The first kappa shape index (κ1) is 16.1. The second-order valence-electron chi connectivity index (χ2n) is 6.64. The number of nitrogens with one attached hydrogen (secondary N) is 1. The van der Waals surface area contributed by atoms with Gasteiger partial charge in [0, 0.05) is 17.8 Å². The van der Waals surface area contributed by atoms with Gasteiger partial charge in [-0.15, -0.1) is 0 Å². The van der Waals surface area contributed by atoms with Crippen molar-refractivity contribution in [1.29, 1.82) is 0 Å². The van der Waals surface area contributed by atoms with Gasteiger partial charge in [-0.2, -0.15) is 5.10 Å². The molecule has 0 fully saturated rings. The number of ether oxygens (including phenoxy) is 1. The molecule has 0 amide bonds. The highest BCUT2D eigenvalue weighted by molar-refractivity contribution is 5.83. The Balaban J connectivity index is 1.50. The van der Waals surface area contributed by atoms with Crippen molar-refractivity contribution in [3.8, 4) is 5.75 Å². The molecule has 0 saturated carbocycles. The number of hydrogen-bond donors (Lipinski definition) is 1. The van der Waals surface area contributed by atoms with E-state index < -0.39 is 0 Å². The first-order valence-electron chi connectivity index (χ1n) is 8.95. The number of para-hydroxylation sites is 1. The van der Waals surface area contributed by atoms with Gasteiger partial charge in [-0.05, 0) is 39.3 Å². The number of aromatic nitrogens is 3. The second-order valence-corrected chi connectivity index (χ2v) is 6.64. The SMILES string of the molecule is CCOc1cccc2cc([C@H](C)N[C@H]3CCc4nc(C)nn4C3)oc12. The van der Waals surface area contributed by atoms with Gasteiger partial charge in [0.15, 0.2) is 11.3 Å². The van der Waals surface area contributed by atoms with Crippen LogP contribution in [0.1, 0.15) is 43.7 Å². The molecule has 0 unspecified atom stereocenters. The Morgan fingerprint density at radius 3 is 3.16 bits per heavy atom. The normalized spacial score (nSPS) is 18.3. The Morgan fingerprint density at radius 2 is 2.32 bits per heavy atom. The van der Waals surface area contributed by atoms with Crippen LogP contribution in [0.25, 0.3) is 11.0 Å². The number of hydrogen-bond acceptors (Lipinski definition) is 5. The van der Waals surface area contributed by atoms with E-state index in [9.17, 15) is 0 Å². The van der Waals surface area contributed by atoms with Crippen LogP contribution < -0.4 is 10.1 Å². The number of rotatable bonds is 5. The van der Waals surface area contributed by atoms with Gasteiger partial charge in [0.25, 0.3) is 0 Å². The predicted molar refractivity (Wildman–Crippen MR) is 95.8 cm³/mol. The topological polar surface area (TPSA) is 65.1 Å². The lowest BCUT2D eigenvalue weighted by atomic mass is 10.1. The predicted octanol–water partition coefficient (Wildman–Crippen LogP) is 3.40. The molecule has 0 saturated heterocycles. The first-order valence-corrected chi connectivity index (χ1v) is 8.95. The van der Waals surface area contributed by atoms with Gasteiger partial charge in [-0.1, -0.05) is 12.1 Å². The number of aryl methyl sites for hydroxylation is 2. The minimum Gasteiger partial charge on any atom is -0.490 e. The van der Waals surface area contributed by atoms with Crippen LogP contribution in [0.5, 0.6) is 5.75 Å². The lowest BCUT2D eigenvalue weighted by Crippen LogP contribution is -2.39. The van der Waals surface area contributed by atoms with E-state index in [1.54, 1.807) is 0 Å². The first-order chi connectivity index (χ1) is 12.1. The Bertz CT molecular complexity index is 883. The lowest BCUT2D eigenvalue weighted by molar-refractivity contribution is 0.313. The monoisotopic (exact) mass is 340 g/mol. The molecule has 4 rings (SSSR count). The van der Waals surface area contributed by atoms with Crippen LogP contribution in [0.2, 0.25) is 0 Å². The third-order valence-electron chi connectivity index (χ3n) is 4.70. The van der Waals surface area contributed by atoms with Crippen molar-refractivity contribution >= 4 is 11.0 Å². The van der Waals surface area contributed by atoms with E-state index in [4.69, 9.17) is 9.15 Å². The molecule has 0 aliphatic carbocycles. The highest BCUT2D eigenvalue weighted by atomic mass is 16.5. The van der Waals surface area contributed by atoms with Crippen molar-refractivity contribution in [2.45, 2.75) is 52.2 Å². The molecule has 1 aliphatic rings. The summed E-state index contributed by atoms with van der Waals surface area (Å²) in [6.45, 7) is 7.55. The summed E-state index contributed by atoms with van der Waals surface area (Å²) < 4.78 is 13.8. The van der Waals surface area contributed by atoms with Gasteiger partial charge in [-0.3, -0.25) is 0 Å². The summed E-state index contributed by atoms with van der Waals surface area (Å²) in [4.78, 5) is 4.47. The molecule has 2 aromatic heterocycles. The van der Waals surface area contributed by atoms with E-state index in [1.165, 1.54) is 0 Å². The minimum atomic E-state index is 0.123. The van der Waals surface area contributed by atoms with E-state index in [0.717, 1.165) is 53.5 Å². The quantitative estimate of drug-likeness (QED) is 0.771. The van der Waals surface area contributed by atoms with Crippen molar-refractivity contribution < 1.29 is 9.15 Å². The summed E-state index contributed by atoms with van der Waals surface area (Å²) in [5.74, 6) is 3.68. The maximum Gasteiger partial charge on any atom is 0.176 e. The molecule has 132 valence electrons. The highest BCUT2D eigenvalue weighted by Gasteiger charge is 2.23. The van der Waals surface area contributed by atoms with Gasteiger partial charge in [0.1, 0.15) is 17.4 Å². The zero-order chi connectivity index (χ0) is 17.4. The fourth-order valence-electron chi connectivity index (χ4n) is 3.54. The van der Waals surface area contributed by atoms with Gasteiger partial charge < -0.3 is 14.5 Å². The van der Waals surface area contributed by atoms with E-state index in [1.807, 2.05) is 30.7 Å². The number of benzene rings is 1. The lowest BCUT2D eigenvalue weighted by Gasteiger charge is -2.26. The minimum absolute atomic E-state index is 0.123. The fourth-order valence-corrected chi connectivity index (χ4v) is 3.54. The Morgan fingerprint density at radius 1 is 1.44 bits per heavy atom. The largest absolute Gasteiger partial charge is 0.490 e. The molecular formula is C19H24N4O2. The van der Waals surface area contributed by atoms with Crippen molar-refractivity contribution in [3.05, 3.63) is 41.7 Å². The zero-order valence-corrected chi connectivity index (χ0v) is 15.0. The maximum atomic E-state index is 6.11. The molecule has 6 nitrogen and oxygen atoms in total. The third kappa shape index (κ3) is 3.14. The highest BCUT2D eigenvalue weighted by Crippen LogP contribution is 2.31. The molecule has 1 aliphatic heterocycles. The molecular weight excluding hydrogens is 316 g/mol. The second kappa shape index (κ2) is 6.52. The average Bonchev–Trinajstić information content (AvgIpc) is 3.18. The Kier molecular flexibility index (Phi) is 4.21. The van der Waals surface area contributed by atoms with E-state index in [2.05, 4.69) is 34.5 Å². The number of fused-ring (bicyclic) bond motifs is 2. The molecule has 3 aromatic rings. The van der Waals surface area contributed by atoms with Crippen molar-refractivity contribution in [2.24, 2.45) is 0 Å². The Labute approximate surface area is 147 Å². The van der Waals surface area contributed by atoms with Crippen LogP contribution in [-0.4, -0.2) is 27.4 Å². The van der Waals surface area contributed by atoms with Crippen LogP contribution >= 0.6 is 0 Å². The molecule has 1 aromatic carbocycles. The van der Waals surface area contributed by atoms with Crippen LogP contribution in [0, 0.1) is 6.92 Å². The molecule has 1 N–H and O–H groups in total. The smallest absolute Gasteiger partial charge is 0.176 e. The Hall–Kier alpha value is -2.34. The summed E-state index contributed by atoms with van der Waals surface area (Å²) in [7, 11) is 0. The molecule has 0 bridgehead atoms. The van der Waals surface area contributed by atoms with Gasteiger partial charge in [0.2, 0.25) is 0 Å². The molecule has 0 radical (unpaired) electrons. The zero-order valence-electron chi connectivity index (χ0n) is 15.0. The molecule has 3 heterocycles. The summed E-state index contributed by atoms with van der Waals surface area (Å²) in [5, 5.41) is 9.22. The standard InChI is InChI=1S/C19H24N4O2/c1-4-24-16-7-5-6-14-10-17(25-19(14)16)12(2)20-15-8-9-18-21-13(3)22-23(18)11-15/h5-7,10,12,15,20H,4,8-9,11H2,1-3H3/t12-,15-/m0/s1. The summed E-state index contributed by atoms with van der Waals surface area (Å²) in [6.07, 6.45) is 2.02. The van der Waals surface area contributed by atoms with Crippen LogP contribution in [0.15, 0.2) is 28.7 Å². The molecule has 25 heavy (non-hydrogen) atoms. The average molecular weight is 340 g/mol. The molecule has 6 heteroatoms. The molecule has 2 atom stereocenters. The number of nitrogens with zero attached hydrogens (tertiary/aromatic N) is 3. The molecule has 0 spiro atoms. The van der Waals surface area contributed by atoms with Crippen LogP contribution in [-0.2, 0) is 13.0 Å². The number of furan rings is 1. The maximum absolute atomic E-state index is 6.11. The summed E-state index contributed by atoms with van der Waals surface area (Å²) in [5.41, 5.74) is 0.825. The van der Waals surface area contributed by atoms with Crippen LogP contribution in [0.3, 0.4) is 0 Å². The van der Waals surface area contributed by atoms with E-state index in [-0.39, 0.29) is 6.04 Å². The van der Waals surface area contributed by atoms with Gasteiger partial charge >= 0.3 is 0 Å². The van der Waals surface area contributed by atoms with E-state index >= 15 is 0 Å². The van der Waals surface area contributed by atoms with Crippen molar-refractivity contribution in [2.75, 3.05) is 6.61 Å². The van der Waals surface area contributed by atoms with Gasteiger partial charge in [0.05, 0.1) is 19.2 Å². The van der Waals surface area contributed by atoms with Crippen molar-refractivity contribution in [3.63, 3.8) is 0 Å². The van der Waals surface area contributed by atoms with E-state index in [0.29, 0.717) is 12.6 Å².